The minimum absolute atomic E-state index is 0.130. The van der Waals surface area contributed by atoms with Gasteiger partial charge in [0, 0.05) is 31.9 Å². The summed E-state index contributed by atoms with van der Waals surface area (Å²) in [6, 6.07) is -1.33. The van der Waals surface area contributed by atoms with Crippen molar-refractivity contribution in [2.45, 2.75) is 38.0 Å². The molecule has 1 aliphatic heterocycles. The average Bonchev–Trinajstić information content (AvgIpc) is 2.60. The van der Waals surface area contributed by atoms with Crippen LogP contribution in [0.25, 0.3) is 0 Å². The van der Waals surface area contributed by atoms with Crippen molar-refractivity contribution < 1.29 is 27.5 Å². The molecule has 1 aromatic heterocycles. The molecule has 2 atom stereocenters. The first-order valence-electron chi connectivity index (χ1n) is 7.87. The van der Waals surface area contributed by atoms with Crippen LogP contribution >= 0.6 is 0 Å². The van der Waals surface area contributed by atoms with Gasteiger partial charge in [0.25, 0.3) is 0 Å². The Balaban J connectivity index is 2.10. The number of nitrogens with zero attached hydrogens (tertiary/aromatic N) is 2. The Labute approximate surface area is 145 Å². The molecule has 1 saturated heterocycles. The van der Waals surface area contributed by atoms with Gasteiger partial charge in [-0.1, -0.05) is 0 Å². The molecule has 2 heterocycles. The van der Waals surface area contributed by atoms with Crippen LogP contribution < -0.4 is 11.1 Å². The Hall–Kier alpha value is -2.59. The number of carbonyl (C=O) groups is 2. The maximum absolute atomic E-state index is 12.9. The Morgan fingerprint density at radius 1 is 1.35 bits per heavy atom. The third-order valence-electron chi connectivity index (χ3n) is 4.35. The van der Waals surface area contributed by atoms with E-state index in [1.807, 2.05) is 0 Å². The first kappa shape index (κ1) is 19.7. The SMILES string of the molecule is COC(=O)C1CC(C(F)(F)F)CCN1C(=O)CCn1cc[nH]c(=O)c1=O. The van der Waals surface area contributed by atoms with Crippen molar-refractivity contribution in [3.8, 4) is 0 Å². The lowest BCUT2D eigenvalue weighted by Gasteiger charge is -2.38. The number of esters is 1. The topological polar surface area (TPSA) is 101 Å². The van der Waals surface area contributed by atoms with Gasteiger partial charge in [-0.2, -0.15) is 13.2 Å². The number of amides is 1. The summed E-state index contributed by atoms with van der Waals surface area (Å²) in [4.78, 5) is 50.3. The summed E-state index contributed by atoms with van der Waals surface area (Å²) >= 11 is 0. The van der Waals surface area contributed by atoms with Crippen molar-refractivity contribution >= 4 is 11.9 Å². The van der Waals surface area contributed by atoms with Crippen LogP contribution in [0.4, 0.5) is 13.2 Å². The number of carbonyl (C=O) groups excluding carboxylic acids is 2. The molecule has 0 aliphatic carbocycles. The number of methoxy groups -OCH3 is 1. The molecule has 1 amide bonds. The van der Waals surface area contributed by atoms with Crippen LogP contribution in [0.1, 0.15) is 19.3 Å². The van der Waals surface area contributed by atoms with Gasteiger partial charge in [0.05, 0.1) is 13.0 Å². The Kier molecular flexibility index (Phi) is 5.88. The van der Waals surface area contributed by atoms with Crippen molar-refractivity contribution in [2.24, 2.45) is 5.92 Å². The van der Waals surface area contributed by atoms with E-state index in [1.54, 1.807) is 0 Å². The number of aryl methyl sites for hydroxylation is 1. The van der Waals surface area contributed by atoms with Gasteiger partial charge in [0.1, 0.15) is 6.04 Å². The first-order chi connectivity index (χ1) is 12.1. The maximum Gasteiger partial charge on any atom is 0.391 e. The lowest BCUT2D eigenvalue weighted by Crippen LogP contribution is -2.52. The molecule has 1 N–H and O–H groups in total. The van der Waals surface area contributed by atoms with Crippen molar-refractivity contribution in [1.29, 1.82) is 0 Å². The van der Waals surface area contributed by atoms with Gasteiger partial charge < -0.3 is 19.2 Å². The number of halogens is 3. The van der Waals surface area contributed by atoms with Crippen LogP contribution in [0.2, 0.25) is 0 Å². The van der Waals surface area contributed by atoms with E-state index in [0.717, 1.165) is 16.6 Å². The summed E-state index contributed by atoms with van der Waals surface area (Å²) in [5.41, 5.74) is -1.70. The van der Waals surface area contributed by atoms with E-state index >= 15 is 0 Å². The van der Waals surface area contributed by atoms with Gasteiger partial charge in [-0.3, -0.25) is 14.4 Å². The molecule has 2 unspecified atom stereocenters. The maximum atomic E-state index is 12.9. The molecule has 1 fully saturated rings. The van der Waals surface area contributed by atoms with E-state index in [1.165, 1.54) is 12.4 Å². The zero-order chi connectivity index (χ0) is 19.5. The number of likely N-dealkylation sites (tertiary alicyclic amines) is 1. The summed E-state index contributed by atoms with van der Waals surface area (Å²) in [5.74, 6) is -3.19. The molecular formula is C15H18F3N3O5. The molecule has 8 nitrogen and oxygen atoms in total. The molecule has 1 aliphatic rings. The summed E-state index contributed by atoms with van der Waals surface area (Å²) in [7, 11) is 1.04. The van der Waals surface area contributed by atoms with Crippen molar-refractivity contribution in [1.82, 2.24) is 14.5 Å². The van der Waals surface area contributed by atoms with Gasteiger partial charge >= 0.3 is 23.3 Å². The third-order valence-corrected chi connectivity index (χ3v) is 4.35. The fourth-order valence-corrected chi connectivity index (χ4v) is 2.92. The second kappa shape index (κ2) is 7.75. The van der Waals surface area contributed by atoms with E-state index in [-0.39, 0.29) is 25.9 Å². The second-order valence-electron chi connectivity index (χ2n) is 5.93. The summed E-state index contributed by atoms with van der Waals surface area (Å²) in [5, 5.41) is 0. The summed E-state index contributed by atoms with van der Waals surface area (Å²) in [6.07, 6.45) is -3.06. The third kappa shape index (κ3) is 4.33. The highest BCUT2D eigenvalue weighted by molar-refractivity contribution is 5.84. The smallest absolute Gasteiger partial charge is 0.391 e. The number of piperidine rings is 1. The minimum atomic E-state index is -4.46. The van der Waals surface area contributed by atoms with Crippen LogP contribution in [0, 0.1) is 5.92 Å². The molecular weight excluding hydrogens is 359 g/mol. The van der Waals surface area contributed by atoms with Gasteiger partial charge in [-0.05, 0) is 12.8 Å². The first-order valence-corrected chi connectivity index (χ1v) is 7.87. The van der Waals surface area contributed by atoms with E-state index in [0.29, 0.717) is 0 Å². The zero-order valence-corrected chi connectivity index (χ0v) is 13.9. The Morgan fingerprint density at radius 2 is 2.04 bits per heavy atom. The molecule has 11 heteroatoms. The van der Waals surface area contributed by atoms with Crippen LogP contribution in [0.3, 0.4) is 0 Å². The number of hydrogen-bond acceptors (Lipinski definition) is 5. The molecule has 0 aromatic carbocycles. The van der Waals surface area contributed by atoms with Crippen molar-refractivity contribution in [3.05, 3.63) is 33.1 Å². The second-order valence-corrected chi connectivity index (χ2v) is 5.93. The lowest BCUT2D eigenvalue weighted by molar-refractivity contribution is -0.195. The van der Waals surface area contributed by atoms with Gasteiger partial charge in [0.2, 0.25) is 5.91 Å². The standard InChI is InChI=1S/C15H18F3N3O5/c1-26-14(25)10-8-9(15(16,17)18)2-6-21(10)11(22)3-5-20-7-4-19-12(23)13(20)24/h4,7,9-10H,2-3,5-6,8H2,1H3,(H,19,23). The normalized spacial score (nSPS) is 20.7. The van der Waals surface area contributed by atoms with Crippen LogP contribution in [-0.2, 0) is 20.9 Å². The highest BCUT2D eigenvalue weighted by atomic mass is 19.4. The predicted octanol–water partition coefficient (Wildman–Crippen LogP) is 0.269. The van der Waals surface area contributed by atoms with Gasteiger partial charge in [-0.25, -0.2) is 4.79 Å². The Morgan fingerprint density at radius 3 is 2.65 bits per heavy atom. The predicted molar refractivity (Wildman–Crippen MR) is 82.2 cm³/mol. The number of hydrogen-bond donors (Lipinski definition) is 1. The monoisotopic (exact) mass is 377 g/mol. The van der Waals surface area contributed by atoms with E-state index in [9.17, 15) is 32.3 Å². The highest BCUT2D eigenvalue weighted by Gasteiger charge is 2.47. The summed E-state index contributed by atoms with van der Waals surface area (Å²) in [6.45, 7) is -0.373. The van der Waals surface area contributed by atoms with E-state index in [2.05, 4.69) is 9.72 Å². The number of rotatable bonds is 4. The van der Waals surface area contributed by atoms with Crippen molar-refractivity contribution in [3.63, 3.8) is 0 Å². The summed E-state index contributed by atoms with van der Waals surface area (Å²) < 4.78 is 44.4. The number of H-pyrrole nitrogens is 1. The fourth-order valence-electron chi connectivity index (χ4n) is 2.92. The molecule has 144 valence electrons. The number of alkyl halides is 3. The van der Waals surface area contributed by atoms with E-state index in [4.69, 9.17) is 0 Å². The Bertz CT molecular complexity index is 786. The van der Waals surface area contributed by atoms with Crippen LogP contribution in [0.15, 0.2) is 22.0 Å². The minimum Gasteiger partial charge on any atom is -0.467 e. The molecule has 0 spiro atoms. The van der Waals surface area contributed by atoms with Crippen molar-refractivity contribution in [2.75, 3.05) is 13.7 Å². The van der Waals surface area contributed by atoms with Crippen LogP contribution in [-0.4, -0.2) is 52.2 Å². The lowest BCUT2D eigenvalue weighted by atomic mass is 9.90. The molecule has 0 radical (unpaired) electrons. The quantitative estimate of drug-likeness (QED) is 0.600. The van der Waals surface area contributed by atoms with E-state index < -0.39 is 47.6 Å². The molecule has 26 heavy (non-hydrogen) atoms. The van der Waals surface area contributed by atoms with Crippen LogP contribution in [0.5, 0.6) is 0 Å². The highest BCUT2D eigenvalue weighted by Crippen LogP contribution is 2.37. The number of aromatic amines is 1. The number of aromatic nitrogens is 2. The number of nitrogens with one attached hydrogen (secondary N) is 1. The molecule has 0 bridgehead atoms. The molecule has 0 saturated carbocycles. The average molecular weight is 377 g/mol. The fraction of sp³-hybridized carbons (Fsp3) is 0.600. The zero-order valence-electron chi connectivity index (χ0n) is 13.9. The van der Waals surface area contributed by atoms with Gasteiger partial charge in [0.15, 0.2) is 0 Å². The number of ether oxygens (including phenoxy) is 1. The molecule has 2 rings (SSSR count). The van der Waals surface area contributed by atoms with Gasteiger partial charge in [-0.15, -0.1) is 0 Å². The molecule has 1 aromatic rings. The largest absolute Gasteiger partial charge is 0.467 e.